The predicted molar refractivity (Wildman–Crippen MR) is 140 cm³/mol. The number of hydrogen-bond donors (Lipinski definition) is 2. The highest BCUT2D eigenvalue weighted by Gasteiger charge is 2.24. The third kappa shape index (κ3) is 7.80. The third-order valence-electron chi connectivity index (χ3n) is 6.61. The molecule has 13 heteroatoms. The van der Waals surface area contributed by atoms with Crippen molar-refractivity contribution < 1.29 is 28.2 Å². The Labute approximate surface area is 230 Å². The minimum atomic E-state index is -0.483. The normalized spacial score (nSPS) is 16.7. The predicted octanol–water partition coefficient (Wildman–Crippen LogP) is 2.36. The molecule has 2 amide bonds. The van der Waals surface area contributed by atoms with Crippen LogP contribution in [0.4, 0.5) is 4.39 Å². The van der Waals surface area contributed by atoms with Crippen molar-refractivity contribution in [2.45, 2.75) is 58.7 Å². The van der Waals surface area contributed by atoms with E-state index < -0.39 is 17.7 Å². The van der Waals surface area contributed by atoms with Crippen LogP contribution in [0.1, 0.15) is 54.4 Å². The number of tetrazole rings is 1. The van der Waals surface area contributed by atoms with Crippen LogP contribution in [0.3, 0.4) is 0 Å². The van der Waals surface area contributed by atoms with Gasteiger partial charge in [0.15, 0.2) is 18.2 Å². The van der Waals surface area contributed by atoms with Gasteiger partial charge in [0, 0.05) is 30.8 Å². The first-order valence-electron chi connectivity index (χ1n) is 13.0. The number of esters is 1. The maximum absolute atomic E-state index is 13.7. The topological polar surface area (TPSA) is 150 Å². The second-order valence-electron chi connectivity index (χ2n) is 9.77. The van der Waals surface area contributed by atoms with E-state index in [2.05, 4.69) is 31.0 Å². The maximum Gasteiger partial charge on any atom is 0.303 e. The summed E-state index contributed by atoms with van der Waals surface area (Å²) in [4.78, 5) is 41.4. The molecule has 40 heavy (non-hydrogen) atoms. The number of amides is 2. The van der Waals surface area contributed by atoms with Crippen LogP contribution < -0.4 is 15.4 Å². The van der Waals surface area contributed by atoms with Crippen molar-refractivity contribution in [2.24, 2.45) is 5.92 Å². The average Bonchev–Trinajstić information content (AvgIpc) is 3.40. The van der Waals surface area contributed by atoms with E-state index in [9.17, 15) is 18.8 Å². The molecular weight excluding hydrogens is 521 g/mol. The molecule has 1 aliphatic rings. The van der Waals surface area contributed by atoms with Gasteiger partial charge in [-0.1, -0.05) is 6.07 Å². The van der Waals surface area contributed by atoms with Gasteiger partial charge in [-0.25, -0.2) is 9.37 Å². The quantitative estimate of drug-likeness (QED) is 0.361. The molecule has 12 nitrogen and oxygen atoms in total. The highest BCUT2D eigenvalue weighted by atomic mass is 19.1. The van der Waals surface area contributed by atoms with Gasteiger partial charge in [-0.3, -0.25) is 14.4 Å². The Morgan fingerprint density at radius 3 is 2.62 bits per heavy atom. The van der Waals surface area contributed by atoms with Gasteiger partial charge in [0.05, 0.1) is 13.7 Å². The van der Waals surface area contributed by atoms with Crippen molar-refractivity contribution in [2.75, 3.05) is 13.7 Å². The Balaban J connectivity index is 1.31. The second-order valence-corrected chi connectivity index (χ2v) is 9.77. The molecule has 0 radical (unpaired) electrons. The lowest BCUT2D eigenvalue weighted by Crippen LogP contribution is -2.40. The lowest BCUT2D eigenvalue weighted by molar-refractivity contribution is -0.146. The van der Waals surface area contributed by atoms with Gasteiger partial charge < -0.3 is 20.1 Å². The molecule has 0 spiro atoms. The van der Waals surface area contributed by atoms with Crippen LogP contribution in [-0.2, 0) is 27.4 Å². The van der Waals surface area contributed by atoms with Crippen LogP contribution in [0.15, 0.2) is 30.3 Å². The molecule has 2 heterocycles. The van der Waals surface area contributed by atoms with Gasteiger partial charge in [0.1, 0.15) is 5.69 Å². The fourth-order valence-corrected chi connectivity index (χ4v) is 4.59. The van der Waals surface area contributed by atoms with E-state index in [0.29, 0.717) is 35.1 Å². The minimum absolute atomic E-state index is 0.0491. The number of carbonyl (C=O) groups excluding carboxylic acids is 3. The van der Waals surface area contributed by atoms with Crippen molar-refractivity contribution >= 4 is 17.8 Å². The molecule has 0 atom stereocenters. The fourth-order valence-electron chi connectivity index (χ4n) is 4.59. The van der Waals surface area contributed by atoms with Crippen molar-refractivity contribution in [1.82, 2.24) is 35.8 Å². The molecule has 2 N–H and O–H groups in total. The van der Waals surface area contributed by atoms with E-state index >= 15 is 0 Å². The van der Waals surface area contributed by atoms with Gasteiger partial charge in [0.2, 0.25) is 5.82 Å². The summed E-state index contributed by atoms with van der Waals surface area (Å²) in [5.41, 5.74) is 2.13. The standard InChI is InChI=1S/C27H32FN7O5/c1-16-10-20(12-23(30-16)27(38)29-13-19-6-9-22(28)24(11-19)39-3)26-32-34-35(33-26)14-18-4-7-21(8-5-18)31-25(37)15-40-17(2)36/h6,9-12,18,21H,4-5,7-8,13-15H2,1-3H3,(H,29,38)(H,31,37)/t18-,21-. The Hall–Kier alpha value is -4.42. The number of pyridine rings is 1. The van der Waals surface area contributed by atoms with Crippen LogP contribution in [0, 0.1) is 18.7 Å². The third-order valence-corrected chi connectivity index (χ3v) is 6.61. The summed E-state index contributed by atoms with van der Waals surface area (Å²) in [6, 6.07) is 7.83. The monoisotopic (exact) mass is 553 g/mol. The van der Waals surface area contributed by atoms with E-state index in [1.54, 1.807) is 29.9 Å². The van der Waals surface area contributed by atoms with Crippen LogP contribution in [0.5, 0.6) is 5.75 Å². The Kier molecular flexibility index (Phi) is 9.35. The number of nitrogens with one attached hydrogen (secondary N) is 2. The van der Waals surface area contributed by atoms with Gasteiger partial charge in [-0.15, -0.1) is 10.2 Å². The fraction of sp³-hybridized carbons (Fsp3) is 0.444. The largest absolute Gasteiger partial charge is 0.494 e. The molecule has 0 saturated heterocycles. The molecule has 0 bridgehead atoms. The average molecular weight is 554 g/mol. The van der Waals surface area contributed by atoms with Crippen molar-refractivity contribution in [3.05, 3.63) is 53.1 Å². The van der Waals surface area contributed by atoms with Gasteiger partial charge >= 0.3 is 5.97 Å². The number of carbonyl (C=O) groups is 3. The summed E-state index contributed by atoms with van der Waals surface area (Å²) in [5, 5.41) is 18.6. The Bertz CT molecular complexity index is 1370. The lowest BCUT2D eigenvalue weighted by Gasteiger charge is -2.28. The van der Waals surface area contributed by atoms with Gasteiger partial charge in [-0.2, -0.15) is 4.80 Å². The van der Waals surface area contributed by atoms with E-state index in [1.807, 2.05) is 0 Å². The van der Waals surface area contributed by atoms with E-state index in [-0.39, 0.29) is 36.5 Å². The zero-order valence-corrected chi connectivity index (χ0v) is 22.6. The highest BCUT2D eigenvalue weighted by Crippen LogP contribution is 2.26. The van der Waals surface area contributed by atoms with Crippen LogP contribution in [0.25, 0.3) is 11.4 Å². The second kappa shape index (κ2) is 13.1. The summed E-state index contributed by atoms with van der Waals surface area (Å²) in [5.74, 6) is -0.827. The van der Waals surface area contributed by atoms with E-state index in [0.717, 1.165) is 25.7 Å². The number of nitrogens with zero attached hydrogens (tertiary/aromatic N) is 5. The van der Waals surface area contributed by atoms with E-state index in [1.165, 1.54) is 26.2 Å². The number of rotatable bonds is 10. The smallest absolute Gasteiger partial charge is 0.303 e. The maximum atomic E-state index is 13.7. The lowest BCUT2D eigenvalue weighted by atomic mass is 9.86. The molecule has 3 aromatic rings. The molecule has 0 unspecified atom stereocenters. The molecule has 2 aromatic heterocycles. The van der Waals surface area contributed by atoms with Gasteiger partial charge in [0.25, 0.3) is 11.8 Å². The van der Waals surface area contributed by atoms with Crippen LogP contribution in [0.2, 0.25) is 0 Å². The number of methoxy groups -OCH3 is 1. The van der Waals surface area contributed by atoms with Crippen LogP contribution in [-0.4, -0.2) is 62.7 Å². The van der Waals surface area contributed by atoms with Crippen LogP contribution >= 0.6 is 0 Å². The highest BCUT2D eigenvalue weighted by molar-refractivity contribution is 5.93. The Morgan fingerprint density at radius 2 is 1.90 bits per heavy atom. The van der Waals surface area contributed by atoms with Crippen molar-refractivity contribution in [1.29, 1.82) is 0 Å². The minimum Gasteiger partial charge on any atom is -0.494 e. The van der Waals surface area contributed by atoms with Crippen molar-refractivity contribution in [3.8, 4) is 17.1 Å². The first-order chi connectivity index (χ1) is 19.2. The van der Waals surface area contributed by atoms with E-state index in [4.69, 9.17) is 9.47 Å². The zero-order chi connectivity index (χ0) is 28.6. The number of halogens is 1. The first kappa shape index (κ1) is 28.6. The number of aromatic nitrogens is 5. The molecule has 0 aliphatic heterocycles. The number of aryl methyl sites for hydroxylation is 1. The summed E-state index contributed by atoms with van der Waals surface area (Å²) in [6.45, 7) is 3.54. The summed E-state index contributed by atoms with van der Waals surface area (Å²) < 4.78 is 23.4. The number of ether oxygens (including phenoxy) is 2. The molecule has 1 saturated carbocycles. The zero-order valence-electron chi connectivity index (χ0n) is 22.6. The molecular formula is C27H32FN7O5. The first-order valence-corrected chi connectivity index (χ1v) is 13.0. The Morgan fingerprint density at radius 1 is 1.12 bits per heavy atom. The summed E-state index contributed by atoms with van der Waals surface area (Å²) in [7, 11) is 1.38. The molecule has 212 valence electrons. The summed E-state index contributed by atoms with van der Waals surface area (Å²) in [6.07, 6.45) is 3.39. The van der Waals surface area contributed by atoms with Crippen molar-refractivity contribution in [3.63, 3.8) is 0 Å². The summed E-state index contributed by atoms with van der Waals surface area (Å²) >= 11 is 0. The number of benzene rings is 1. The molecule has 1 aliphatic carbocycles. The molecule has 1 aromatic carbocycles. The SMILES string of the molecule is COc1cc(CNC(=O)c2cc(-c3nnn(C[C@H]4CC[C@H](NC(=O)COC(C)=O)CC4)n3)cc(C)n2)ccc1F. The van der Waals surface area contributed by atoms with Gasteiger partial charge in [-0.05, 0) is 73.6 Å². The molecule has 1 fully saturated rings. The molecule has 4 rings (SSSR count). The number of hydrogen-bond acceptors (Lipinski definition) is 9.